The summed E-state index contributed by atoms with van der Waals surface area (Å²) in [5.74, 6) is 1.83. The predicted octanol–water partition coefficient (Wildman–Crippen LogP) is 0.500. The van der Waals surface area contributed by atoms with Crippen molar-refractivity contribution in [3.8, 4) is 0 Å². The van der Waals surface area contributed by atoms with E-state index in [9.17, 15) is 4.79 Å². The summed E-state index contributed by atoms with van der Waals surface area (Å²) in [6.45, 7) is 11.0. The maximum atomic E-state index is 13.0. The highest BCUT2D eigenvalue weighted by Crippen LogP contribution is 2.48. The molecule has 0 atom stereocenters. The van der Waals surface area contributed by atoms with Crippen LogP contribution in [0.15, 0.2) is 17.3 Å². The second-order valence-electron chi connectivity index (χ2n) is 7.69. The maximum Gasteiger partial charge on any atom is 0.293 e. The number of aliphatic imine (C=N–C) groups is 1. The number of aromatic nitrogens is 4. The van der Waals surface area contributed by atoms with Gasteiger partial charge in [0.2, 0.25) is 5.82 Å². The summed E-state index contributed by atoms with van der Waals surface area (Å²) < 4.78 is 0. The molecule has 2 aromatic rings. The Morgan fingerprint density at radius 1 is 1.36 bits per heavy atom. The molecule has 1 amide bonds. The van der Waals surface area contributed by atoms with E-state index in [1.807, 2.05) is 37.2 Å². The number of nitrogens with zero attached hydrogens (tertiary/aromatic N) is 5. The van der Waals surface area contributed by atoms with E-state index in [-0.39, 0.29) is 17.1 Å². The van der Waals surface area contributed by atoms with Crippen LogP contribution in [0.5, 0.6) is 0 Å². The number of hydrogen-bond donors (Lipinski definition) is 2. The summed E-state index contributed by atoms with van der Waals surface area (Å²) >= 11 is 0. The molecule has 1 saturated heterocycles. The van der Waals surface area contributed by atoms with Crippen molar-refractivity contribution in [3.05, 3.63) is 34.5 Å². The Labute approximate surface area is 164 Å². The molecule has 2 fully saturated rings. The van der Waals surface area contributed by atoms with Crippen molar-refractivity contribution in [1.82, 2.24) is 30.0 Å². The third-order valence-corrected chi connectivity index (χ3v) is 5.62. The maximum absolute atomic E-state index is 13.0. The van der Waals surface area contributed by atoms with Crippen LogP contribution in [0.25, 0.3) is 12.4 Å². The van der Waals surface area contributed by atoms with Crippen LogP contribution in [-0.4, -0.2) is 68.3 Å². The van der Waals surface area contributed by atoms with Crippen LogP contribution < -0.4 is 10.6 Å². The van der Waals surface area contributed by atoms with Crippen LogP contribution in [0.3, 0.4) is 0 Å². The highest BCUT2D eigenvalue weighted by molar-refractivity contribution is 5.90. The average molecular weight is 381 g/mol. The van der Waals surface area contributed by atoms with Crippen LogP contribution in [0.2, 0.25) is 0 Å². The van der Waals surface area contributed by atoms with Crippen molar-refractivity contribution in [2.24, 2.45) is 10.4 Å². The monoisotopic (exact) mass is 381 g/mol. The lowest BCUT2D eigenvalue weighted by Crippen LogP contribution is -2.37. The Morgan fingerprint density at radius 3 is 2.71 bits per heavy atom. The van der Waals surface area contributed by atoms with Gasteiger partial charge in [-0.15, -0.1) is 5.10 Å². The van der Waals surface area contributed by atoms with E-state index in [2.05, 4.69) is 36.6 Å². The zero-order valence-electron chi connectivity index (χ0n) is 16.5. The van der Waals surface area contributed by atoms with Crippen molar-refractivity contribution in [2.45, 2.75) is 33.1 Å². The first-order valence-corrected chi connectivity index (χ1v) is 9.86. The molecule has 4 rings (SSSR count). The van der Waals surface area contributed by atoms with Gasteiger partial charge in [-0.2, -0.15) is 0 Å². The molecule has 1 saturated carbocycles. The summed E-state index contributed by atoms with van der Waals surface area (Å²) in [5.41, 5.74) is 0.127. The van der Waals surface area contributed by atoms with Gasteiger partial charge < -0.3 is 14.8 Å². The second kappa shape index (κ2) is 7.26. The molecule has 0 bridgehead atoms. The third-order valence-electron chi connectivity index (χ3n) is 5.62. The lowest BCUT2D eigenvalue weighted by atomic mass is 10.1. The Balaban J connectivity index is 1.62. The van der Waals surface area contributed by atoms with Crippen LogP contribution in [0.1, 0.15) is 43.1 Å². The van der Waals surface area contributed by atoms with Gasteiger partial charge in [-0.05, 0) is 25.8 Å². The van der Waals surface area contributed by atoms with Crippen LogP contribution >= 0.6 is 0 Å². The molecule has 0 unspecified atom stereocenters. The van der Waals surface area contributed by atoms with Gasteiger partial charge in [0, 0.05) is 61.0 Å². The van der Waals surface area contributed by atoms with Gasteiger partial charge in [-0.1, -0.05) is 13.5 Å². The lowest BCUT2D eigenvalue weighted by molar-refractivity contribution is 0.0728. The molecule has 0 aromatic carbocycles. The minimum absolute atomic E-state index is 0.0934. The van der Waals surface area contributed by atoms with E-state index in [1.165, 1.54) is 0 Å². The molecule has 148 valence electrons. The lowest BCUT2D eigenvalue weighted by Gasteiger charge is -2.25. The minimum atomic E-state index is -0.0934. The van der Waals surface area contributed by atoms with E-state index in [4.69, 9.17) is 0 Å². The number of hydrogen-bond acceptors (Lipinski definition) is 5. The van der Waals surface area contributed by atoms with Gasteiger partial charge in [-0.3, -0.25) is 9.89 Å². The summed E-state index contributed by atoms with van der Waals surface area (Å²) in [5, 5.41) is 8.82. The molecule has 8 heteroatoms. The zero-order chi connectivity index (χ0) is 19.7. The fraction of sp³-hybridized carbons (Fsp3) is 0.500. The molecule has 1 aliphatic heterocycles. The first-order chi connectivity index (χ1) is 13.5. The topological polar surface area (TPSA) is 93.3 Å². The number of aryl methyl sites for hydroxylation is 1. The van der Waals surface area contributed by atoms with Gasteiger partial charge in [0.15, 0.2) is 0 Å². The summed E-state index contributed by atoms with van der Waals surface area (Å²) in [6.07, 6.45) is 6.67. The van der Waals surface area contributed by atoms with Crippen molar-refractivity contribution in [3.63, 3.8) is 0 Å². The highest BCUT2D eigenvalue weighted by Gasteiger charge is 2.48. The van der Waals surface area contributed by atoms with Crippen molar-refractivity contribution in [2.75, 3.05) is 26.2 Å². The smallest absolute Gasteiger partial charge is 0.293 e. The van der Waals surface area contributed by atoms with Crippen LogP contribution in [0, 0.1) is 5.41 Å². The van der Waals surface area contributed by atoms with E-state index < -0.39 is 0 Å². The molecule has 2 aromatic heterocycles. The van der Waals surface area contributed by atoms with Crippen LogP contribution in [-0.2, 0) is 6.42 Å². The molecular weight excluding hydrogens is 354 g/mol. The highest BCUT2D eigenvalue weighted by atomic mass is 16.2. The number of carbonyl (C=O) groups is 1. The van der Waals surface area contributed by atoms with Crippen molar-refractivity contribution >= 4 is 24.5 Å². The van der Waals surface area contributed by atoms with Gasteiger partial charge in [-0.25, -0.2) is 9.98 Å². The fourth-order valence-corrected chi connectivity index (χ4v) is 3.85. The average Bonchev–Trinajstić information content (AvgIpc) is 3.12. The summed E-state index contributed by atoms with van der Waals surface area (Å²) in [6, 6.07) is 2.01. The fourth-order valence-electron chi connectivity index (χ4n) is 3.85. The standard InChI is InChI=1S/C20H27N7O/c1-4-16-23-17(25-24-16)19(28)27-11-10-26(12-20(13-27)7-8-20)18(21-5-2)15-6-9-22-14(15)3/h5-6,9,22H,3-4,7-8,10-13H2,1-2H3,(H,23,24,25)/b18-15+,21-5-. The van der Waals surface area contributed by atoms with Gasteiger partial charge in [0.25, 0.3) is 5.91 Å². The number of rotatable bonds is 4. The summed E-state index contributed by atoms with van der Waals surface area (Å²) in [4.78, 5) is 29.3. The molecule has 8 nitrogen and oxygen atoms in total. The number of carbonyl (C=O) groups excluding carboxylic acids is 1. The number of H-pyrrole nitrogens is 2. The molecule has 1 spiro atoms. The van der Waals surface area contributed by atoms with E-state index >= 15 is 0 Å². The molecule has 0 radical (unpaired) electrons. The van der Waals surface area contributed by atoms with Crippen LogP contribution in [0.4, 0.5) is 0 Å². The predicted molar refractivity (Wildman–Crippen MR) is 108 cm³/mol. The molecule has 2 N–H and O–H groups in total. The largest absolute Gasteiger partial charge is 0.362 e. The van der Waals surface area contributed by atoms with E-state index in [0.717, 1.165) is 61.1 Å². The molecule has 1 aliphatic carbocycles. The number of amides is 1. The van der Waals surface area contributed by atoms with E-state index in [1.54, 1.807) is 0 Å². The van der Waals surface area contributed by atoms with Gasteiger partial charge in [0.1, 0.15) is 11.6 Å². The summed E-state index contributed by atoms with van der Waals surface area (Å²) in [7, 11) is 0. The Kier molecular flexibility index (Phi) is 4.78. The quantitative estimate of drug-likeness (QED) is 0.755. The Hall–Kier alpha value is -2.90. The van der Waals surface area contributed by atoms with E-state index in [0.29, 0.717) is 6.54 Å². The Bertz CT molecular complexity index is 998. The first kappa shape index (κ1) is 18.5. The third kappa shape index (κ3) is 3.46. The Morgan fingerprint density at radius 2 is 2.11 bits per heavy atom. The molecule has 2 aliphatic rings. The van der Waals surface area contributed by atoms with Gasteiger partial charge in [0.05, 0.1) is 0 Å². The number of nitrogens with one attached hydrogen (secondary N) is 2. The van der Waals surface area contributed by atoms with Gasteiger partial charge >= 0.3 is 0 Å². The number of aromatic amines is 2. The molecule has 28 heavy (non-hydrogen) atoms. The second-order valence-corrected chi connectivity index (χ2v) is 7.69. The molecular formula is C20H27N7O. The first-order valence-electron chi connectivity index (χ1n) is 9.86. The van der Waals surface area contributed by atoms with Crippen molar-refractivity contribution in [1.29, 1.82) is 0 Å². The molecule has 3 heterocycles. The normalized spacial score (nSPS) is 19.9. The minimum Gasteiger partial charge on any atom is -0.362 e. The SMILES string of the molecule is C=c1[nH]cc/c1=C(/N=C\C)N1CCN(C(=O)c2n[nH]c(CC)n2)CC2(CC2)C1. The zero-order valence-corrected chi connectivity index (χ0v) is 16.5. The van der Waals surface area contributed by atoms with Crippen molar-refractivity contribution < 1.29 is 4.79 Å².